The molecule has 0 unspecified atom stereocenters. The van der Waals surface area contributed by atoms with E-state index in [2.05, 4.69) is 35.0 Å². The summed E-state index contributed by atoms with van der Waals surface area (Å²) in [7, 11) is 0.521. The van der Waals surface area contributed by atoms with E-state index < -0.39 is 0 Å². The van der Waals surface area contributed by atoms with Gasteiger partial charge in [-0.2, -0.15) is 0 Å². The Morgan fingerprint density at radius 1 is 0.920 bits per heavy atom. The maximum absolute atomic E-state index is 2.70. The summed E-state index contributed by atoms with van der Waals surface area (Å²) < 4.78 is 2.70. The molecule has 2 aromatic rings. The van der Waals surface area contributed by atoms with Crippen LogP contribution in [0.15, 0.2) is 35.4 Å². The Morgan fingerprint density at radius 3 is 2.24 bits per heavy atom. The standard InChI is InChI=1S/C23H30NS/c1-2-6-21-20(5-1)22(25-7-3-4-8-25)15-24(21)16-23-12-17-9-18(13-23)11-19(10-17)14-23/h1-2,5-6,15,17-19H,3-4,7-14,16H2/q+1. The van der Waals surface area contributed by atoms with E-state index >= 15 is 0 Å². The highest BCUT2D eigenvalue weighted by Crippen LogP contribution is 2.60. The van der Waals surface area contributed by atoms with Gasteiger partial charge in [-0.3, -0.25) is 0 Å². The van der Waals surface area contributed by atoms with Crippen LogP contribution in [0.5, 0.6) is 0 Å². The van der Waals surface area contributed by atoms with Gasteiger partial charge in [-0.15, -0.1) is 0 Å². The Kier molecular flexibility index (Phi) is 3.37. The molecule has 4 aliphatic carbocycles. The minimum atomic E-state index is 0.521. The molecule has 4 saturated carbocycles. The summed E-state index contributed by atoms with van der Waals surface area (Å²) in [6.07, 6.45) is 14.7. The first-order valence-corrected chi connectivity index (χ1v) is 12.1. The Bertz CT molecular complexity index is 762. The smallest absolute Gasteiger partial charge is 0.180 e. The van der Waals surface area contributed by atoms with Crippen LogP contribution < -0.4 is 0 Å². The van der Waals surface area contributed by atoms with Crippen molar-refractivity contribution < 1.29 is 0 Å². The van der Waals surface area contributed by atoms with Crippen molar-refractivity contribution in [3.63, 3.8) is 0 Å². The van der Waals surface area contributed by atoms with E-state index in [0.717, 1.165) is 17.8 Å². The number of rotatable bonds is 3. The predicted molar refractivity (Wildman–Crippen MR) is 107 cm³/mol. The molecule has 2 heterocycles. The van der Waals surface area contributed by atoms with Crippen LogP contribution >= 0.6 is 0 Å². The van der Waals surface area contributed by atoms with Gasteiger partial charge in [0.15, 0.2) is 4.90 Å². The predicted octanol–water partition coefficient (Wildman–Crippen LogP) is 5.63. The van der Waals surface area contributed by atoms with Crippen molar-refractivity contribution >= 4 is 21.8 Å². The van der Waals surface area contributed by atoms with Gasteiger partial charge in [-0.25, -0.2) is 0 Å². The quantitative estimate of drug-likeness (QED) is 0.631. The van der Waals surface area contributed by atoms with Gasteiger partial charge in [0.2, 0.25) is 0 Å². The first kappa shape index (κ1) is 15.2. The molecule has 5 fully saturated rings. The SMILES string of the molecule is c1ccc2c(c1)c([S+]1CCCC1)cn2CC12CC3CC(CC(C3)C1)C2. The number of fused-ring (bicyclic) bond motifs is 1. The third-order valence-corrected chi connectivity index (χ3v) is 10.3. The monoisotopic (exact) mass is 352 g/mol. The van der Waals surface area contributed by atoms with Gasteiger partial charge in [0.25, 0.3) is 0 Å². The molecule has 25 heavy (non-hydrogen) atoms. The van der Waals surface area contributed by atoms with E-state index in [9.17, 15) is 0 Å². The molecule has 2 heteroatoms. The second kappa shape index (κ2) is 5.55. The van der Waals surface area contributed by atoms with E-state index in [1.54, 1.807) is 29.5 Å². The number of hydrogen-bond donors (Lipinski definition) is 0. The van der Waals surface area contributed by atoms with Gasteiger partial charge in [0.05, 0.1) is 17.1 Å². The first-order valence-electron chi connectivity index (χ1n) is 10.5. The Labute approximate surface area is 154 Å². The molecule has 1 aliphatic heterocycles. The molecule has 132 valence electrons. The molecule has 1 aromatic carbocycles. The molecule has 0 N–H and O–H groups in total. The maximum atomic E-state index is 2.70. The van der Waals surface area contributed by atoms with Crippen LogP contribution in [0, 0.1) is 23.2 Å². The van der Waals surface area contributed by atoms with E-state index in [-0.39, 0.29) is 0 Å². The van der Waals surface area contributed by atoms with E-state index in [0.29, 0.717) is 16.3 Å². The third kappa shape index (κ3) is 2.43. The van der Waals surface area contributed by atoms with Crippen LogP contribution in [-0.4, -0.2) is 16.1 Å². The van der Waals surface area contributed by atoms with Gasteiger partial charge in [0, 0.05) is 17.4 Å². The Balaban J connectivity index is 1.39. The second-order valence-corrected chi connectivity index (χ2v) is 11.9. The van der Waals surface area contributed by atoms with Crippen molar-refractivity contribution in [1.29, 1.82) is 0 Å². The summed E-state index contributed by atoms with van der Waals surface area (Å²) in [5.41, 5.74) is 2.15. The number of aromatic nitrogens is 1. The molecule has 7 rings (SSSR count). The molecular formula is C23H30NS+. The largest absolute Gasteiger partial charge is 0.342 e. The minimum Gasteiger partial charge on any atom is -0.342 e. The van der Waals surface area contributed by atoms with Gasteiger partial charge < -0.3 is 4.57 Å². The van der Waals surface area contributed by atoms with Crippen molar-refractivity contribution in [1.82, 2.24) is 4.57 Å². The van der Waals surface area contributed by atoms with E-state index in [4.69, 9.17) is 0 Å². The van der Waals surface area contributed by atoms with Gasteiger partial charge >= 0.3 is 0 Å². The van der Waals surface area contributed by atoms with Crippen LogP contribution in [0.3, 0.4) is 0 Å². The van der Waals surface area contributed by atoms with Crippen molar-refractivity contribution in [2.45, 2.75) is 62.8 Å². The fraction of sp³-hybridized carbons (Fsp3) is 0.652. The summed E-state index contributed by atoms with van der Waals surface area (Å²) in [4.78, 5) is 1.69. The maximum Gasteiger partial charge on any atom is 0.180 e. The number of benzene rings is 1. The molecule has 0 atom stereocenters. The van der Waals surface area contributed by atoms with Crippen molar-refractivity contribution in [3.8, 4) is 0 Å². The number of para-hydroxylation sites is 1. The highest BCUT2D eigenvalue weighted by atomic mass is 32.2. The Morgan fingerprint density at radius 2 is 1.56 bits per heavy atom. The highest BCUT2D eigenvalue weighted by Gasteiger charge is 2.51. The summed E-state index contributed by atoms with van der Waals surface area (Å²) in [6, 6.07) is 9.28. The average Bonchev–Trinajstić information content (AvgIpc) is 3.22. The van der Waals surface area contributed by atoms with Gasteiger partial charge in [-0.1, -0.05) is 12.1 Å². The normalized spacial score (nSPS) is 37.4. The fourth-order valence-corrected chi connectivity index (χ4v) is 9.80. The lowest BCUT2D eigenvalue weighted by atomic mass is 9.49. The lowest BCUT2D eigenvalue weighted by molar-refractivity contribution is -0.0613. The van der Waals surface area contributed by atoms with Crippen LogP contribution in [0.1, 0.15) is 51.4 Å². The zero-order chi connectivity index (χ0) is 16.4. The molecule has 0 spiro atoms. The van der Waals surface area contributed by atoms with Gasteiger partial charge in [-0.05, 0) is 86.7 Å². The topological polar surface area (TPSA) is 4.93 Å². The molecule has 0 amide bonds. The van der Waals surface area contributed by atoms with Crippen LogP contribution in [0.4, 0.5) is 0 Å². The number of nitrogens with zero attached hydrogens (tertiary/aromatic N) is 1. The molecule has 0 radical (unpaired) electrons. The lowest BCUT2D eigenvalue weighted by Gasteiger charge is -2.57. The zero-order valence-electron chi connectivity index (χ0n) is 15.3. The summed E-state index contributed by atoms with van der Waals surface area (Å²) in [5.74, 6) is 6.05. The van der Waals surface area contributed by atoms with Crippen molar-refractivity contribution in [3.05, 3.63) is 30.5 Å². The van der Waals surface area contributed by atoms with Crippen molar-refractivity contribution in [2.75, 3.05) is 11.5 Å². The molecular weight excluding hydrogens is 322 g/mol. The van der Waals surface area contributed by atoms with Gasteiger partial charge in [0.1, 0.15) is 11.5 Å². The average molecular weight is 353 g/mol. The summed E-state index contributed by atoms with van der Waals surface area (Å²) in [6.45, 7) is 1.30. The molecule has 5 aliphatic rings. The highest BCUT2D eigenvalue weighted by molar-refractivity contribution is 7.97. The van der Waals surface area contributed by atoms with E-state index in [1.165, 1.54) is 55.7 Å². The van der Waals surface area contributed by atoms with Crippen LogP contribution in [-0.2, 0) is 17.4 Å². The summed E-state index contributed by atoms with van der Waals surface area (Å²) in [5, 5.41) is 1.57. The lowest BCUT2D eigenvalue weighted by Crippen LogP contribution is -2.47. The molecule has 1 saturated heterocycles. The third-order valence-electron chi connectivity index (χ3n) is 7.77. The molecule has 1 aromatic heterocycles. The van der Waals surface area contributed by atoms with Crippen molar-refractivity contribution in [2.24, 2.45) is 23.2 Å². The van der Waals surface area contributed by atoms with Crippen LogP contribution in [0.2, 0.25) is 0 Å². The summed E-state index contributed by atoms with van der Waals surface area (Å²) >= 11 is 0. The molecule has 4 bridgehead atoms. The Hall–Kier alpha value is -0.890. The fourth-order valence-electron chi connectivity index (χ4n) is 7.29. The second-order valence-electron chi connectivity index (χ2n) is 9.66. The van der Waals surface area contributed by atoms with Crippen LogP contribution in [0.25, 0.3) is 10.9 Å². The number of hydrogen-bond acceptors (Lipinski definition) is 0. The van der Waals surface area contributed by atoms with E-state index in [1.807, 2.05) is 0 Å². The zero-order valence-corrected chi connectivity index (χ0v) is 16.1. The first-order chi connectivity index (χ1) is 12.3. The molecule has 1 nitrogen and oxygen atoms in total. The minimum absolute atomic E-state index is 0.521.